The number of carbonyl (C=O) groups is 2. The average molecular weight is 544 g/mol. The summed E-state index contributed by atoms with van der Waals surface area (Å²) < 4.78 is 5.41. The number of nitrogens with zero attached hydrogens (tertiary/aromatic N) is 1. The molecule has 0 bridgehead atoms. The molecule has 3 aromatic carbocycles. The highest BCUT2D eigenvalue weighted by Gasteiger charge is 2.35. The van der Waals surface area contributed by atoms with Crippen molar-refractivity contribution in [2.24, 2.45) is 0 Å². The van der Waals surface area contributed by atoms with Gasteiger partial charge in [0.25, 0.3) is 5.91 Å². The predicted molar refractivity (Wildman–Crippen MR) is 158 cm³/mol. The zero-order chi connectivity index (χ0) is 28.9. The van der Waals surface area contributed by atoms with Gasteiger partial charge in [-0.15, -0.1) is 0 Å². The van der Waals surface area contributed by atoms with Crippen LogP contribution in [0, 0.1) is 0 Å². The van der Waals surface area contributed by atoms with Gasteiger partial charge in [0.15, 0.2) is 0 Å². The minimum atomic E-state index is -0.875. The lowest BCUT2D eigenvalue weighted by atomic mass is 9.86. The first-order chi connectivity index (χ1) is 19.1. The Morgan fingerprint density at radius 3 is 2.25 bits per heavy atom. The van der Waals surface area contributed by atoms with Crippen molar-refractivity contribution in [2.75, 3.05) is 7.11 Å². The van der Waals surface area contributed by atoms with Crippen LogP contribution in [0.2, 0.25) is 0 Å². The van der Waals surface area contributed by atoms with Gasteiger partial charge in [-0.05, 0) is 76.6 Å². The van der Waals surface area contributed by atoms with E-state index in [-0.39, 0.29) is 29.8 Å². The Kier molecular flexibility index (Phi) is 9.28. The first-order valence-electron chi connectivity index (χ1n) is 14.0. The van der Waals surface area contributed by atoms with Gasteiger partial charge < -0.3 is 9.84 Å². The van der Waals surface area contributed by atoms with Crippen molar-refractivity contribution in [3.8, 4) is 16.9 Å². The summed E-state index contributed by atoms with van der Waals surface area (Å²) in [6.45, 7) is 8.70. The van der Waals surface area contributed by atoms with E-state index >= 15 is 0 Å². The number of amides is 1. The van der Waals surface area contributed by atoms with Gasteiger partial charge in [0.1, 0.15) is 11.8 Å². The number of hydrazine groups is 2. The zero-order valence-corrected chi connectivity index (χ0v) is 24.2. The van der Waals surface area contributed by atoms with Gasteiger partial charge in [-0.2, -0.15) is 5.53 Å². The minimum absolute atomic E-state index is 0.00701. The molecule has 1 saturated heterocycles. The Balaban J connectivity index is 1.53. The molecule has 0 aromatic heterocycles. The van der Waals surface area contributed by atoms with Crippen molar-refractivity contribution in [3.05, 3.63) is 89.0 Å². The molecule has 7 heteroatoms. The number of methoxy groups -OCH3 is 1. The van der Waals surface area contributed by atoms with E-state index in [1.807, 2.05) is 19.1 Å². The first kappa shape index (κ1) is 29.3. The molecule has 7 nitrogen and oxygen atoms in total. The number of carboxylic acids is 1. The fraction of sp³-hybridized carbons (Fsp3) is 0.394. The number of hydrogen-bond acceptors (Lipinski definition) is 5. The molecule has 0 radical (unpaired) electrons. The molecule has 0 aliphatic carbocycles. The normalized spacial score (nSPS) is 16.5. The number of nitrogens with one attached hydrogen (secondary N) is 2. The number of benzene rings is 3. The molecule has 1 fully saturated rings. The van der Waals surface area contributed by atoms with Crippen LogP contribution in [0.4, 0.5) is 0 Å². The molecular weight excluding hydrogens is 502 g/mol. The number of aryl methyl sites for hydroxylation is 1. The molecule has 40 heavy (non-hydrogen) atoms. The molecule has 1 aliphatic heterocycles. The molecule has 3 aromatic rings. The van der Waals surface area contributed by atoms with Crippen LogP contribution in [-0.4, -0.2) is 41.2 Å². The molecule has 212 valence electrons. The van der Waals surface area contributed by atoms with Crippen molar-refractivity contribution in [2.45, 2.75) is 77.3 Å². The van der Waals surface area contributed by atoms with E-state index in [0.717, 1.165) is 36.8 Å². The summed E-state index contributed by atoms with van der Waals surface area (Å²) in [5.74, 6) is -0.233. The predicted octanol–water partition coefficient (Wildman–Crippen LogP) is 5.46. The van der Waals surface area contributed by atoms with E-state index in [1.165, 1.54) is 16.7 Å². The standard InChI is InChI=1S/C33H41N3O4/c1-6-30-32(39)34-35-36(30)28(16-11-22-9-14-27(15-10-22)33(2,3)4)18-23-7-12-25(13-8-23)26-17-24(20-31(37)38)19-29(21-26)40-5/h7-10,12-15,17,19,21,28,30,35H,6,11,16,18,20H2,1-5H3,(H,34,39)(H,37,38). The van der Waals surface area contributed by atoms with E-state index in [9.17, 15) is 14.7 Å². The number of carboxylic acid groups (broad SMARTS) is 1. The largest absolute Gasteiger partial charge is 0.497 e. The molecule has 4 rings (SSSR count). The van der Waals surface area contributed by atoms with Gasteiger partial charge >= 0.3 is 5.97 Å². The van der Waals surface area contributed by atoms with Crippen LogP contribution in [0.25, 0.3) is 11.1 Å². The highest BCUT2D eigenvalue weighted by Crippen LogP contribution is 2.28. The number of rotatable bonds is 11. The van der Waals surface area contributed by atoms with Gasteiger partial charge in [0, 0.05) is 6.04 Å². The highest BCUT2D eigenvalue weighted by molar-refractivity contribution is 5.82. The monoisotopic (exact) mass is 543 g/mol. The first-order valence-corrected chi connectivity index (χ1v) is 14.0. The highest BCUT2D eigenvalue weighted by atomic mass is 16.5. The SMILES string of the molecule is CCC1C(=O)NNN1C(CCc1ccc(C(C)(C)C)cc1)Cc1ccc(-c2cc(CC(=O)O)cc(OC)c2)cc1. The molecule has 2 atom stereocenters. The Morgan fingerprint density at radius 1 is 0.975 bits per heavy atom. The molecule has 1 aliphatic rings. The summed E-state index contributed by atoms with van der Waals surface area (Å²) in [7, 11) is 1.58. The van der Waals surface area contributed by atoms with Crippen LogP contribution in [0.3, 0.4) is 0 Å². The third-order valence-electron chi connectivity index (χ3n) is 7.63. The third-order valence-corrected chi connectivity index (χ3v) is 7.63. The zero-order valence-electron chi connectivity index (χ0n) is 24.2. The van der Waals surface area contributed by atoms with E-state index in [1.54, 1.807) is 13.2 Å². The van der Waals surface area contributed by atoms with Gasteiger partial charge in [-0.3, -0.25) is 15.0 Å². The number of aliphatic carboxylic acids is 1. The van der Waals surface area contributed by atoms with Gasteiger partial charge in [-0.25, -0.2) is 5.01 Å². The van der Waals surface area contributed by atoms with E-state index in [2.05, 4.69) is 85.3 Å². The average Bonchev–Trinajstić information content (AvgIpc) is 3.30. The Hall–Kier alpha value is -3.68. The molecule has 0 spiro atoms. The van der Waals surface area contributed by atoms with Crippen molar-refractivity contribution in [3.63, 3.8) is 0 Å². The molecule has 1 amide bonds. The number of carbonyl (C=O) groups excluding carboxylic acids is 1. The number of hydrogen-bond donors (Lipinski definition) is 3. The number of ether oxygens (including phenoxy) is 1. The van der Waals surface area contributed by atoms with E-state index < -0.39 is 5.97 Å². The summed E-state index contributed by atoms with van der Waals surface area (Å²) >= 11 is 0. The van der Waals surface area contributed by atoms with E-state index in [4.69, 9.17) is 4.74 Å². The second-order valence-corrected chi connectivity index (χ2v) is 11.6. The second-order valence-electron chi connectivity index (χ2n) is 11.6. The summed E-state index contributed by atoms with van der Waals surface area (Å²) in [4.78, 5) is 23.7. The summed E-state index contributed by atoms with van der Waals surface area (Å²) in [5.41, 5.74) is 12.4. The Morgan fingerprint density at radius 2 is 1.65 bits per heavy atom. The molecule has 0 saturated carbocycles. The lowest BCUT2D eigenvalue weighted by Crippen LogP contribution is -2.48. The lowest BCUT2D eigenvalue weighted by Gasteiger charge is -2.30. The maximum Gasteiger partial charge on any atom is 0.307 e. The summed E-state index contributed by atoms with van der Waals surface area (Å²) in [6.07, 6.45) is 3.25. The van der Waals surface area contributed by atoms with Crippen LogP contribution in [0.1, 0.15) is 62.8 Å². The van der Waals surface area contributed by atoms with Gasteiger partial charge in [0.2, 0.25) is 0 Å². The van der Waals surface area contributed by atoms with Crippen LogP contribution >= 0.6 is 0 Å². The van der Waals surface area contributed by atoms with Crippen molar-refractivity contribution in [1.82, 2.24) is 16.0 Å². The summed E-state index contributed by atoms with van der Waals surface area (Å²) in [6, 6.07) is 22.7. The molecular formula is C33H41N3O4. The topological polar surface area (TPSA) is 90.9 Å². The smallest absolute Gasteiger partial charge is 0.307 e. The van der Waals surface area contributed by atoms with E-state index in [0.29, 0.717) is 11.3 Å². The van der Waals surface area contributed by atoms with Crippen LogP contribution < -0.4 is 15.7 Å². The Bertz CT molecular complexity index is 1310. The summed E-state index contributed by atoms with van der Waals surface area (Å²) in [5, 5.41) is 11.3. The second kappa shape index (κ2) is 12.7. The van der Waals surface area contributed by atoms with Crippen LogP contribution in [0.5, 0.6) is 5.75 Å². The van der Waals surface area contributed by atoms with Crippen molar-refractivity contribution >= 4 is 11.9 Å². The minimum Gasteiger partial charge on any atom is -0.497 e. The molecule has 3 N–H and O–H groups in total. The maximum atomic E-state index is 12.5. The fourth-order valence-electron chi connectivity index (χ4n) is 5.31. The molecule has 1 heterocycles. The van der Waals surface area contributed by atoms with Crippen molar-refractivity contribution in [1.29, 1.82) is 0 Å². The van der Waals surface area contributed by atoms with Gasteiger partial charge in [0.05, 0.1) is 13.5 Å². The Labute approximate surface area is 237 Å². The van der Waals surface area contributed by atoms with Gasteiger partial charge in [-0.1, -0.05) is 82.3 Å². The fourth-order valence-corrected chi connectivity index (χ4v) is 5.31. The van der Waals surface area contributed by atoms with Crippen molar-refractivity contribution < 1.29 is 19.4 Å². The quantitative estimate of drug-likeness (QED) is 0.298. The molecule has 2 unspecified atom stereocenters. The lowest BCUT2D eigenvalue weighted by molar-refractivity contribution is -0.136. The van der Waals surface area contributed by atoms with Crippen LogP contribution in [0.15, 0.2) is 66.7 Å². The van der Waals surface area contributed by atoms with Crippen LogP contribution in [-0.2, 0) is 34.3 Å². The third kappa shape index (κ3) is 7.29. The maximum absolute atomic E-state index is 12.5.